The normalized spacial score (nSPS) is 35.6. The van der Waals surface area contributed by atoms with Crippen LogP contribution in [0.5, 0.6) is 0 Å². The maximum absolute atomic E-state index is 12.7. The molecule has 0 spiro atoms. The van der Waals surface area contributed by atoms with E-state index >= 15 is 0 Å². The Labute approximate surface area is 127 Å². The number of nitrogens with zero attached hydrogens (tertiary/aromatic N) is 1. The molecule has 2 aliphatic carbocycles. The van der Waals surface area contributed by atoms with Crippen LogP contribution in [0.2, 0.25) is 0 Å². The Morgan fingerprint density at radius 2 is 1.90 bits per heavy atom. The smallest absolute Gasteiger partial charge is 0.225 e. The second-order valence-electron chi connectivity index (χ2n) is 7.06. The lowest BCUT2D eigenvalue weighted by Gasteiger charge is -2.37. The summed E-state index contributed by atoms with van der Waals surface area (Å²) in [5, 5.41) is 0. The summed E-state index contributed by atoms with van der Waals surface area (Å²) < 4.78 is 24.8. The quantitative estimate of drug-likeness (QED) is 0.833. The van der Waals surface area contributed by atoms with E-state index in [9.17, 15) is 13.2 Å². The molecule has 3 aliphatic rings. The molecule has 3 fully saturated rings. The third-order valence-electron chi connectivity index (χ3n) is 5.34. The van der Waals surface area contributed by atoms with Gasteiger partial charge in [0.1, 0.15) is 0 Å². The fraction of sp³-hybridized carbons (Fsp3) is 0.933. The molecule has 3 rings (SSSR count). The molecule has 1 heterocycles. The number of carbonyl (C=O) groups is 1. The highest BCUT2D eigenvalue weighted by atomic mass is 32.2. The third kappa shape index (κ3) is 3.77. The van der Waals surface area contributed by atoms with Crippen molar-refractivity contribution >= 4 is 15.9 Å². The van der Waals surface area contributed by atoms with Gasteiger partial charge in [0.15, 0.2) is 0 Å². The van der Waals surface area contributed by atoms with E-state index in [1.807, 2.05) is 0 Å². The van der Waals surface area contributed by atoms with Crippen molar-refractivity contribution < 1.29 is 13.2 Å². The average molecular weight is 314 g/mol. The summed E-state index contributed by atoms with van der Waals surface area (Å²) in [4.78, 5) is 14.8. The number of amides is 1. The Balaban J connectivity index is 1.54. The monoisotopic (exact) mass is 314 g/mol. The SMILES string of the molecule is CS(=O)(=O)NCCC1CCCCN1C(=O)C1CC2CC2C1. The van der Waals surface area contributed by atoms with Crippen LogP contribution in [-0.4, -0.2) is 44.6 Å². The molecule has 0 aromatic heterocycles. The minimum Gasteiger partial charge on any atom is -0.339 e. The molecule has 5 nitrogen and oxygen atoms in total. The Hall–Kier alpha value is -0.620. The van der Waals surface area contributed by atoms with Gasteiger partial charge in [0.2, 0.25) is 15.9 Å². The number of carbonyl (C=O) groups excluding carboxylic acids is 1. The van der Waals surface area contributed by atoms with Gasteiger partial charge in [-0.2, -0.15) is 0 Å². The van der Waals surface area contributed by atoms with E-state index in [4.69, 9.17) is 0 Å². The second kappa shape index (κ2) is 5.88. The fourth-order valence-electron chi connectivity index (χ4n) is 4.15. The molecule has 1 N–H and O–H groups in total. The highest BCUT2D eigenvalue weighted by Gasteiger charge is 2.49. The lowest BCUT2D eigenvalue weighted by Crippen LogP contribution is -2.47. The molecule has 0 aromatic rings. The number of likely N-dealkylation sites (tertiary alicyclic amines) is 1. The summed E-state index contributed by atoms with van der Waals surface area (Å²) >= 11 is 0. The predicted octanol–water partition coefficient (Wildman–Crippen LogP) is 1.35. The van der Waals surface area contributed by atoms with Crippen LogP contribution in [0, 0.1) is 17.8 Å². The molecule has 21 heavy (non-hydrogen) atoms. The zero-order valence-corrected chi connectivity index (χ0v) is 13.6. The topological polar surface area (TPSA) is 66.5 Å². The Kier molecular flexibility index (Phi) is 4.28. The lowest BCUT2D eigenvalue weighted by molar-refractivity contribution is -0.139. The van der Waals surface area contributed by atoms with Gasteiger partial charge in [-0.3, -0.25) is 4.79 Å². The summed E-state index contributed by atoms with van der Waals surface area (Å²) in [6.45, 7) is 1.29. The highest BCUT2D eigenvalue weighted by Crippen LogP contribution is 2.54. The molecular formula is C15H26N2O3S. The van der Waals surface area contributed by atoms with E-state index in [0.717, 1.165) is 56.9 Å². The van der Waals surface area contributed by atoms with Gasteiger partial charge in [-0.1, -0.05) is 0 Å². The van der Waals surface area contributed by atoms with Gasteiger partial charge < -0.3 is 4.90 Å². The van der Waals surface area contributed by atoms with Crippen molar-refractivity contribution in [2.45, 2.75) is 51.0 Å². The van der Waals surface area contributed by atoms with E-state index < -0.39 is 10.0 Å². The molecule has 1 saturated heterocycles. The van der Waals surface area contributed by atoms with Crippen LogP contribution in [0.4, 0.5) is 0 Å². The Morgan fingerprint density at radius 3 is 2.57 bits per heavy atom. The summed E-state index contributed by atoms with van der Waals surface area (Å²) in [5.74, 6) is 2.24. The molecule has 0 bridgehead atoms. The highest BCUT2D eigenvalue weighted by molar-refractivity contribution is 7.88. The summed E-state index contributed by atoms with van der Waals surface area (Å²) in [5.41, 5.74) is 0. The van der Waals surface area contributed by atoms with Gasteiger partial charge in [0.25, 0.3) is 0 Å². The second-order valence-corrected chi connectivity index (χ2v) is 8.89. The van der Waals surface area contributed by atoms with Crippen molar-refractivity contribution in [1.82, 2.24) is 9.62 Å². The van der Waals surface area contributed by atoms with Crippen LogP contribution in [0.1, 0.15) is 44.9 Å². The molecule has 1 amide bonds. The molecule has 1 aliphatic heterocycles. The van der Waals surface area contributed by atoms with Crippen LogP contribution in [0.3, 0.4) is 0 Å². The number of rotatable bonds is 5. The minimum absolute atomic E-state index is 0.220. The Bertz CT molecular complexity index is 495. The first-order valence-electron chi connectivity index (χ1n) is 8.19. The van der Waals surface area contributed by atoms with Crippen LogP contribution >= 0.6 is 0 Å². The zero-order chi connectivity index (χ0) is 15.0. The van der Waals surface area contributed by atoms with Crippen molar-refractivity contribution in [3.63, 3.8) is 0 Å². The molecule has 0 aromatic carbocycles. The summed E-state index contributed by atoms with van der Waals surface area (Å²) in [6.07, 6.45) is 8.68. The van der Waals surface area contributed by atoms with Gasteiger partial charge in [0.05, 0.1) is 6.26 Å². The largest absolute Gasteiger partial charge is 0.339 e. The third-order valence-corrected chi connectivity index (χ3v) is 6.07. The minimum atomic E-state index is -3.13. The van der Waals surface area contributed by atoms with E-state index in [1.54, 1.807) is 0 Å². The van der Waals surface area contributed by atoms with Gasteiger partial charge >= 0.3 is 0 Å². The van der Waals surface area contributed by atoms with Crippen LogP contribution < -0.4 is 4.72 Å². The van der Waals surface area contributed by atoms with Gasteiger partial charge in [-0.25, -0.2) is 13.1 Å². The predicted molar refractivity (Wildman–Crippen MR) is 81.1 cm³/mol. The van der Waals surface area contributed by atoms with Crippen LogP contribution in [0.25, 0.3) is 0 Å². The average Bonchev–Trinajstić information content (AvgIpc) is 3.04. The lowest BCUT2D eigenvalue weighted by atomic mass is 9.95. The first-order chi connectivity index (χ1) is 9.94. The van der Waals surface area contributed by atoms with Crippen molar-refractivity contribution in [3.05, 3.63) is 0 Å². The van der Waals surface area contributed by atoms with Crippen LogP contribution in [-0.2, 0) is 14.8 Å². The molecule has 0 radical (unpaired) electrons. The van der Waals surface area contributed by atoms with Gasteiger partial charge in [-0.15, -0.1) is 0 Å². The fourth-order valence-corrected chi connectivity index (χ4v) is 4.64. The number of piperidine rings is 1. The first-order valence-corrected chi connectivity index (χ1v) is 10.1. The molecule has 3 atom stereocenters. The number of hydrogen-bond acceptors (Lipinski definition) is 3. The number of sulfonamides is 1. The van der Waals surface area contributed by atoms with Crippen molar-refractivity contribution in [1.29, 1.82) is 0 Å². The van der Waals surface area contributed by atoms with E-state index in [1.165, 1.54) is 12.7 Å². The molecule has 3 unspecified atom stereocenters. The zero-order valence-electron chi connectivity index (χ0n) is 12.8. The first kappa shape index (κ1) is 15.3. The van der Waals surface area contributed by atoms with Crippen molar-refractivity contribution in [2.75, 3.05) is 19.3 Å². The van der Waals surface area contributed by atoms with Crippen molar-refractivity contribution in [2.24, 2.45) is 17.8 Å². The van der Waals surface area contributed by atoms with E-state index in [0.29, 0.717) is 12.5 Å². The van der Waals surface area contributed by atoms with Crippen LogP contribution in [0.15, 0.2) is 0 Å². The summed E-state index contributed by atoms with van der Waals surface area (Å²) in [6, 6.07) is 0.220. The van der Waals surface area contributed by atoms with Crippen molar-refractivity contribution in [3.8, 4) is 0 Å². The number of nitrogens with one attached hydrogen (secondary N) is 1. The van der Waals surface area contributed by atoms with Gasteiger partial charge in [0, 0.05) is 25.0 Å². The maximum atomic E-state index is 12.7. The van der Waals surface area contributed by atoms with E-state index in [-0.39, 0.29) is 12.0 Å². The summed E-state index contributed by atoms with van der Waals surface area (Å²) in [7, 11) is -3.13. The maximum Gasteiger partial charge on any atom is 0.225 e. The van der Waals surface area contributed by atoms with E-state index in [2.05, 4.69) is 9.62 Å². The molecule has 120 valence electrons. The molecule has 6 heteroatoms. The Morgan fingerprint density at radius 1 is 1.19 bits per heavy atom. The standard InChI is InChI=1S/C15H26N2O3S/c1-21(19,20)16-6-5-14-4-2-3-7-17(14)15(18)13-9-11-8-12(11)10-13/h11-14,16H,2-10H2,1H3. The van der Waals surface area contributed by atoms with Gasteiger partial charge in [-0.05, 0) is 56.8 Å². The molecule has 2 saturated carbocycles. The number of fused-ring (bicyclic) bond motifs is 1. The molecular weight excluding hydrogens is 288 g/mol. The number of hydrogen-bond donors (Lipinski definition) is 1.